The number of carbonyl (C=O) groups excluding carboxylic acids is 2. The second kappa shape index (κ2) is 8.95. The van der Waals surface area contributed by atoms with Gasteiger partial charge in [0.25, 0.3) is 5.91 Å². The molecule has 156 valence electrons. The molecule has 2 amide bonds. The lowest BCUT2D eigenvalue weighted by atomic mass is 10.1. The van der Waals surface area contributed by atoms with Crippen LogP contribution in [0.15, 0.2) is 23.1 Å². The molecule has 0 unspecified atom stereocenters. The average Bonchev–Trinajstić information content (AvgIpc) is 3.16. The molecule has 2 aromatic rings. The number of aromatic nitrogens is 1. The monoisotopic (exact) mass is 402 g/mol. The predicted octanol–water partition coefficient (Wildman–Crippen LogP) is 0.548. The highest BCUT2D eigenvalue weighted by molar-refractivity contribution is 5.99. The fourth-order valence-corrected chi connectivity index (χ4v) is 3.14. The molecular weight excluding hydrogens is 376 g/mol. The van der Waals surface area contributed by atoms with Crippen LogP contribution in [0.25, 0.3) is 10.9 Å². The van der Waals surface area contributed by atoms with Crippen LogP contribution in [0.5, 0.6) is 11.5 Å². The number of amides is 2. The lowest BCUT2D eigenvalue weighted by Crippen LogP contribution is -2.39. The van der Waals surface area contributed by atoms with Crippen LogP contribution in [0, 0.1) is 0 Å². The van der Waals surface area contributed by atoms with Crippen molar-refractivity contribution in [2.45, 2.75) is 19.9 Å². The standard InChI is InChI=1S/C20H26N4O5/c1-4-24-11-14(20(27)22-10-18(25)21-6-5-7-23(2)3)19(26)13-8-16-17(9-15(13)24)29-12-28-16/h8-9,11H,4-7,10,12H2,1-3H3,(H,21,25)(H,22,27). The molecule has 1 aromatic heterocycles. The summed E-state index contributed by atoms with van der Waals surface area (Å²) in [6.45, 7) is 3.77. The Labute approximate surface area is 168 Å². The third kappa shape index (κ3) is 4.68. The van der Waals surface area contributed by atoms with Crippen LogP contribution in [-0.4, -0.2) is 61.8 Å². The third-order valence-corrected chi connectivity index (χ3v) is 4.67. The van der Waals surface area contributed by atoms with Crippen molar-refractivity contribution in [2.24, 2.45) is 0 Å². The van der Waals surface area contributed by atoms with E-state index in [9.17, 15) is 14.4 Å². The van der Waals surface area contributed by atoms with Crippen LogP contribution >= 0.6 is 0 Å². The Morgan fingerprint density at radius 3 is 2.59 bits per heavy atom. The van der Waals surface area contributed by atoms with Gasteiger partial charge in [-0.1, -0.05) is 0 Å². The van der Waals surface area contributed by atoms with E-state index in [1.165, 1.54) is 6.20 Å². The van der Waals surface area contributed by atoms with E-state index in [1.807, 2.05) is 25.9 Å². The minimum atomic E-state index is -0.583. The summed E-state index contributed by atoms with van der Waals surface area (Å²) in [6.07, 6.45) is 2.33. The van der Waals surface area contributed by atoms with Gasteiger partial charge < -0.3 is 29.6 Å². The highest BCUT2D eigenvalue weighted by Gasteiger charge is 2.20. The van der Waals surface area contributed by atoms with Crippen molar-refractivity contribution >= 4 is 22.7 Å². The second-order valence-corrected chi connectivity index (χ2v) is 7.07. The van der Waals surface area contributed by atoms with E-state index in [-0.39, 0.29) is 24.8 Å². The first-order valence-electron chi connectivity index (χ1n) is 9.57. The van der Waals surface area contributed by atoms with Crippen molar-refractivity contribution in [1.29, 1.82) is 0 Å². The number of nitrogens with zero attached hydrogens (tertiary/aromatic N) is 2. The molecule has 0 atom stereocenters. The van der Waals surface area contributed by atoms with Crippen molar-refractivity contribution in [2.75, 3.05) is 40.5 Å². The summed E-state index contributed by atoms with van der Waals surface area (Å²) in [5, 5.41) is 5.64. The zero-order valence-electron chi connectivity index (χ0n) is 16.9. The van der Waals surface area contributed by atoms with Gasteiger partial charge in [0.05, 0.1) is 17.4 Å². The van der Waals surface area contributed by atoms with E-state index < -0.39 is 11.3 Å². The second-order valence-electron chi connectivity index (χ2n) is 7.07. The van der Waals surface area contributed by atoms with E-state index in [0.717, 1.165) is 13.0 Å². The molecule has 0 saturated heterocycles. The van der Waals surface area contributed by atoms with E-state index in [4.69, 9.17) is 9.47 Å². The summed E-state index contributed by atoms with van der Waals surface area (Å²) in [7, 11) is 3.92. The number of hydrogen-bond acceptors (Lipinski definition) is 6. The molecule has 2 N–H and O–H groups in total. The first-order valence-corrected chi connectivity index (χ1v) is 9.57. The molecule has 0 saturated carbocycles. The zero-order valence-corrected chi connectivity index (χ0v) is 16.9. The quantitative estimate of drug-likeness (QED) is 0.625. The van der Waals surface area contributed by atoms with Crippen molar-refractivity contribution in [1.82, 2.24) is 20.1 Å². The maximum absolute atomic E-state index is 12.9. The molecule has 0 bridgehead atoms. The zero-order chi connectivity index (χ0) is 21.0. The van der Waals surface area contributed by atoms with Crippen LogP contribution in [0.1, 0.15) is 23.7 Å². The molecule has 0 fully saturated rings. The fourth-order valence-electron chi connectivity index (χ4n) is 3.14. The largest absolute Gasteiger partial charge is 0.454 e. The number of benzene rings is 1. The Kier molecular flexibility index (Phi) is 6.38. The Bertz CT molecular complexity index is 983. The van der Waals surface area contributed by atoms with Crippen molar-refractivity contribution in [3.8, 4) is 11.5 Å². The number of rotatable bonds is 8. The van der Waals surface area contributed by atoms with Gasteiger partial charge in [-0.15, -0.1) is 0 Å². The summed E-state index contributed by atoms with van der Waals surface area (Å²) < 4.78 is 12.5. The van der Waals surface area contributed by atoms with Crippen LogP contribution < -0.4 is 25.5 Å². The number of aryl methyl sites for hydroxylation is 1. The summed E-state index contributed by atoms with van der Waals surface area (Å²) in [5.41, 5.74) is 0.238. The van der Waals surface area contributed by atoms with Crippen LogP contribution in [-0.2, 0) is 11.3 Å². The fraction of sp³-hybridized carbons (Fsp3) is 0.450. The van der Waals surface area contributed by atoms with Gasteiger partial charge in [-0.2, -0.15) is 0 Å². The van der Waals surface area contributed by atoms with Gasteiger partial charge in [0.15, 0.2) is 11.5 Å². The number of fused-ring (bicyclic) bond motifs is 2. The van der Waals surface area contributed by atoms with Crippen LogP contribution in [0.2, 0.25) is 0 Å². The third-order valence-electron chi connectivity index (χ3n) is 4.67. The summed E-state index contributed by atoms with van der Waals surface area (Å²) in [6, 6.07) is 3.34. The molecule has 0 radical (unpaired) electrons. The SMILES string of the molecule is CCn1cc(C(=O)NCC(=O)NCCCN(C)C)c(=O)c2cc3c(cc21)OCO3. The molecule has 1 aliphatic heterocycles. The van der Waals surface area contributed by atoms with Crippen molar-refractivity contribution in [3.05, 3.63) is 34.1 Å². The first kappa shape index (κ1) is 20.7. The number of carbonyl (C=O) groups is 2. The molecule has 29 heavy (non-hydrogen) atoms. The number of ether oxygens (including phenoxy) is 2. The van der Waals surface area contributed by atoms with Gasteiger partial charge in [0, 0.05) is 25.4 Å². The van der Waals surface area contributed by atoms with E-state index in [0.29, 0.717) is 35.5 Å². The summed E-state index contributed by atoms with van der Waals surface area (Å²) in [5.74, 6) is 0.173. The van der Waals surface area contributed by atoms with Crippen LogP contribution in [0.4, 0.5) is 0 Å². The van der Waals surface area contributed by atoms with Gasteiger partial charge in [0.2, 0.25) is 18.1 Å². The summed E-state index contributed by atoms with van der Waals surface area (Å²) >= 11 is 0. The molecule has 3 rings (SSSR count). The van der Waals surface area contributed by atoms with Gasteiger partial charge in [-0.25, -0.2) is 0 Å². The molecule has 1 aliphatic rings. The lowest BCUT2D eigenvalue weighted by Gasteiger charge is -2.13. The van der Waals surface area contributed by atoms with Gasteiger partial charge in [-0.05, 0) is 40.1 Å². The maximum atomic E-state index is 12.9. The smallest absolute Gasteiger partial charge is 0.257 e. The number of pyridine rings is 1. The normalized spacial score (nSPS) is 12.4. The van der Waals surface area contributed by atoms with Gasteiger partial charge >= 0.3 is 0 Å². The topological polar surface area (TPSA) is 102 Å². The minimum absolute atomic E-state index is 0.0152. The Hall–Kier alpha value is -3.07. The van der Waals surface area contributed by atoms with Crippen molar-refractivity contribution in [3.63, 3.8) is 0 Å². The average molecular weight is 402 g/mol. The maximum Gasteiger partial charge on any atom is 0.257 e. The molecule has 9 nitrogen and oxygen atoms in total. The van der Waals surface area contributed by atoms with E-state index in [1.54, 1.807) is 16.7 Å². The molecule has 0 spiro atoms. The van der Waals surface area contributed by atoms with Gasteiger partial charge in [0.1, 0.15) is 5.56 Å². The Balaban J connectivity index is 1.73. The lowest BCUT2D eigenvalue weighted by molar-refractivity contribution is -0.120. The number of hydrogen-bond donors (Lipinski definition) is 2. The van der Waals surface area contributed by atoms with E-state index in [2.05, 4.69) is 10.6 Å². The predicted molar refractivity (Wildman–Crippen MR) is 109 cm³/mol. The molecular formula is C20H26N4O5. The van der Waals surface area contributed by atoms with Gasteiger partial charge in [-0.3, -0.25) is 14.4 Å². The van der Waals surface area contributed by atoms with Crippen molar-refractivity contribution < 1.29 is 19.1 Å². The van der Waals surface area contributed by atoms with Crippen LogP contribution in [0.3, 0.4) is 0 Å². The minimum Gasteiger partial charge on any atom is -0.454 e. The first-order chi connectivity index (χ1) is 13.9. The number of nitrogens with one attached hydrogen (secondary N) is 2. The highest BCUT2D eigenvalue weighted by atomic mass is 16.7. The Morgan fingerprint density at radius 1 is 1.17 bits per heavy atom. The summed E-state index contributed by atoms with van der Waals surface area (Å²) in [4.78, 5) is 39.4. The molecule has 9 heteroatoms. The molecule has 1 aromatic carbocycles. The Morgan fingerprint density at radius 2 is 1.90 bits per heavy atom. The van der Waals surface area contributed by atoms with E-state index >= 15 is 0 Å². The highest BCUT2D eigenvalue weighted by Crippen LogP contribution is 2.35. The molecule has 0 aliphatic carbocycles. The molecule has 2 heterocycles.